The quantitative estimate of drug-likeness (QED) is 0.813. The van der Waals surface area contributed by atoms with Crippen LogP contribution in [0.2, 0.25) is 10.0 Å². The Bertz CT molecular complexity index is 662. The van der Waals surface area contributed by atoms with E-state index in [1.54, 1.807) is 19.9 Å². The van der Waals surface area contributed by atoms with Crippen LogP contribution in [0, 0.1) is 6.92 Å². The fraction of sp³-hybridized carbons (Fsp3) is 0.231. The monoisotopic (exact) mass is 311 g/mol. The maximum Gasteiger partial charge on any atom is 0.341 e. The van der Waals surface area contributed by atoms with Gasteiger partial charge in [-0.15, -0.1) is 0 Å². The Morgan fingerprint density at radius 1 is 1.30 bits per heavy atom. The second-order valence-corrected chi connectivity index (χ2v) is 4.74. The third kappa shape index (κ3) is 3.05. The molecule has 2 aromatic rings. The molecule has 0 N–H and O–H groups in total. The smallest absolute Gasteiger partial charge is 0.341 e. The number of ether oxygens (including phenoxy) is 1. The highest BCUT2D eigenvalue weighted by molar-refractivity contribution is 6.35. The van der Waals surface area contributed by atoms with E-state index in [1.807, 2.05) is 0 Å². The average Bonchev–Trinajstić information content (AvgIpc) is 2.38. The first-order valence-corrected chi connectivity index (χ1v) is 6.60. The average molecular weight is 312 g/mol. The molecule has 0 aromatic carbocycles. The molecule has 0 aliphatic carbocycles. The molecule has 2 heterocycles. The molecule has 2 aromatic heterocycles. The number of carbonyl (C=O) groups excluding carboxylic acids is 1. The molecule has 5 nitrogen and oxygen atoms in total. The van der Waals surface area contributed by atoms with Crippen LogP contribution >= 0.6 is 23.2 Å². The minimum atomic E-state index is -0.452. The maximum atomic E-state index is 11.7. The van der Waals surface area contributed by atoms with Crippen molar-refractivity contribution in [2.45, 2.75) is 13.8 Å². The van der Waals surface area contributed by atoms with Crippen molar-refractivity contribution in [2.24, 2.45) is 0 Å². The second-order valence-electron chi connectivity index (χ2n) is 3.90. The van der Waals surface area contributed by atoms with E-state index in [-0.39, 0.29) is 0 Å². The number of aromatic nitrogens is 3. The highest BCUT2D eigenvalue weighted by atomic mass is 35.5. The Morgan fingerprint density at radius 3 is 2.65 bits per heavy atom. The lowest BCUT2D eigenvalue weighted by Crippen LogP contribution is -2.09. The summed E-state index contributed by atoms with van der Waals surface area (Å²) in [4.78, 5) is 24.1. The lowest BCUT2D eigenvalue weighted by Gasteiger charge is -2.07. The van der Waals surface area contributed by atoms with Crippen LogP contribution in [0.1, 0.15) is 23.0 Å². The minimum Gasteiger partial charge on any atom is -0.462 e. The van der Waals surface area contributed by atoms with Crippen LogP contribution in [0.3, 0.4) is 0 Å². The first-order valence-electron chi connectivity index (χ1n) is 5.85. The summed E-state index contributed by atoms with van der Waals surface area (Å²) in [5.74, 6) is -0.121. The van der Waals surface area contributed by atoms with Gasteiger partial charge in [0.05, 0.1) is 27.9 Å². The molecule has 0 fully saturated rings. The Kier molecular flexibility index (Phi) is 4.52. The molecule has 7 heteroatoms. The van der Waals surface area contributed by atoms with E-state index in [9.17, 15) is 4.79 Å². The van der Waals surface area contributed by atoms with Gasteiger partial charge < -0.3 is 4.74 Å². The topological polar surface area (TPSA) is 65.0 Å². The maximum absolute atomic E-state index is 11.7. The lowest BCUT2D eigenvalue weighted by molar-refractivity contribution is 0.0524. The number of rotatable bonds is 3. The van der Waals surface area contributed by atoms with Gasteiger partial charge in [0.1, 0.15) is 5.69 Å². The number of halogens is 2. The molecule has 0 atom stereocenters. The predicted octanol–water partition coefficient (Wildman–Crippen LogP) is 3.33. The van der Waals surface area contributed by atoms with Gasteiger partial charge in [0.15, 0.2) is 5.82 Å². The van der Waals surface area contributed by atoms with Gasteiger partial charge in [-0.25, -0.2) is 19.7 Å². The van der Waals surface area contributed by atoms with Crippen LogP contribution in [-0.2, 0) is 4.74 Å². The van der Waals surface area contributed by atoms with Crippen LogP contribution in [0.15, 0.2) is 18.5 Å². The second kappa shape index (κ2) is 6.15. The molecule has 0 aliphatic rings. The molecule has 0 amide bonds. The van der Waals surface area contributed by atoms with E-state index in [2.05, 4.69) is 15.0 Å². The van der Waals surface area contributed by atoms with Crippen molar-refractivity contribution in [1.29, 1.82) is 0 Å². The summed E-state index contributed by atoms with van der Waals surface area (Å²) < 4.78 is 4.92. The first kappa shape index (κ1) is 14.7. The molecule has 0 unspecified atom stereocenters. The van der Waals surface area contributed by atoms with Crippen molar-refractivity contribution >= 4 is 29.2 Å². The van der Waals surface area contributed by atoms with Gasteiger partial charge >= 0.3 is 5.97 Å². The molecular weight excluding hydrogens is 301 g/mol. The zero-order chi connectivity index (χ0) is 14.7. The normalized spacial score (nSPS) is 10.4. The van der Waals surface area contributed by atoms with Crippen LogP contribution in [0.4, 0.5) is 0 Å². The predicted molar refractivity (Wildman–Crippen MR) is 76.0 cm³/mol. The van der Waals surface area contributed by atoms with Gasteiger partial charge in [-0.3, -0.25) is 0 Å². The van der Waals surface area contributed by atoms with E-state index >= 15 is 0 Å². The van der Waals surface area contributed by atoms with E-state index in [0.717, 1.165) is 0 Å². The van der Waals surface area contributed by atoms with Gasteiger partial charge in [0.25, 0.3) is 0 Å². The van der Waals surface area contributed by atoms with Crippen molar-refractivity contribution < 1.29 is 9.53 Å². The van der Waals surface area contributed by atoms with Crippen LogP contribution in [0.25, 0.3) is 11.5 Å². The van der Waals surface area contributed by atoms with E-state index in [0.29, 0.717) is 39.4 Å². The third-order valence-electron chi connectivity index (χ3n) is 2.49. The number of carbonyl (C=O) groups is 1. The lowest BCUT2D eigenvalue weighted by atomic mass is 10.2. The number of hydrogen-bond donors (Lipinski definition) is 0. The highest BCUT2D eigenvalue weighted by Gasteiger charge is 2.15. The Labute approximate surface area is 125 Å². The summed E-state index contributed by atoms with van der Waals surface area (Å²) in [6.07, 6.45) is 2.86. The molecule has 0 bridgehead atoms. The van der Waals surface area contributed by atoms with Crippen LogP contribution < -0.4 is 0 Å². The fourth-order valence-corrected chi connectivity index (χ4v) is 2.03. The van der Waals surface area contributed by atoms with Crippen LogP contribution in [-0.4, -0.2) is 27.5 Å². The molecule has 0 aliphatic heterocycles. The van der Waals surface area contributed by atoms with Gasteiger partial charge in [-0.2, -0.15) is 0 Å². The Morgan fingerprint density at radius 2 is 2.05 bits per heavy atom. The SMILES string of the molecule is CCOC(=O)c1cnc(-c2ncc(Cl)cc2Cl)nc1C. The number of esters is 1. The number of aryl methyl sites for hydroxylation is 1. The fourth-order valence-electron chi connectivity index (χ4n) is 1.57. The molecule has 2 rings (SSSR count). The summed E-state index contributed by atoms with van der Waals surface area (Å²) in [5.41, 5.74) is 1.23. The minimum absolute atomic E-state index is 0.296. The van der Waals surface area contributed by atoms with Crippen molar-refractivity contribution in [1.82, 2.24) is 15.0 Å². The highest BCUT2D eigenvalue weighted by Crippen LogP contribution is 2.25. The van der Waals surface area contributed by atoms with E-state index in [4.69, 9.17) is 27.9 Å². The first-order chi connectivity index (χ1) is 9.52. The Balaban J connectivity index is 2.40. The van der Waals surface area contributed by atoms with Crippen molar-refractivity contribution in [3.63, 3.8) is 0 Å². The molecule has 0 spiro atoms. The standard InChI is InChI=1S/C13H11Cl2N3O2/c1-3-20-13(19)9-6-17-12(18-7(9)2)11-10(15)4-8(14)5-16-11/h4-6H,3H2,1-2H3. The van der Waals surface area contributed by atoms with Gasteiger partial charge in [-0.05, 0) is 19.9 Å². The van der Waals surface area contributed by atoms with Gasteiger partial charge in [-0.1, -0.05) is 23.2 Å². The van der Waals surface area contributed by atoms with Crippen LogP contribution in [0.5, 0.6) is 0 Å². The van der Waals surface area contributed by atoms with E-state index < -0.39 is 5.97 Å². The number of nitrogens with zero attached hydrogens (tertiary/aromatic N) is 3. The van der Waals surface area contributed by atoms with E-state index in [1.165, 1.54) is 12.4 Å². The Hall–Kier alpha value is -1.72. The summed E-state index contributed by atoms with van der Waals surface area (Å²) in [7, 11) is 0. The molecule has 104 valence electrons. The zero-order valence-electron chi connectivity index (χ0n) is 10.9. The molecule has 20 heavy (non-hydrogen) atoms. The van der Waals surface area contributed by atoms with Crippen molar-refractivity contribution in [3.8, 4) is 11.5 Å². The molecule has 0 saturated carbocycles. The van der Waals surface area contributed by atoms with Crippen molar-refractivity contribution in [3.05, 3.63) is 39.8 Å². The molecular formula is C13H11Cl2N3O2. The van der Waals surface area contributed by atoms with Gasteiger partial charge in [0.2, 0.25) is 0 Å². The summed E-state index contributed by atoms with van der Waals surface area (Å²) in [6.45, 7) is 3.73. The van der Waals surface area contributed by atoms with Crippen molar-refractivity contribution in [2.75, 3.05) is 6.61 Å². The zero-order valence-corrected chi connectivity index (χ0v) is 12.4. The molecule has 0 radical (unpaired) electrons. The summed E-state index contributed by atoms with van der Waals surface area (Å²) in [5, 5.41) is 0.777. The largest absolute Gasteiger partial charge is 0.462 e. The summed E-state index contributed by atoms with van der Waals surface area (Å²) in [6, 6.07) is 1.56. The van der Waals surface area contributed by atoms with Gasteiger partial charge in [0, 0.05) is 12.4 Å². The number of pyridine rings is 1. The third-order valence-corrected chi connectivity index (χ3v) is 2.99. The summed E-state index contributed by atoms with van der Waals surface area (Å²) >= 11 is 11.8. The number of hydrogen-bond acceptors (Lipinski definition) is 5. The molecule has 0 saturated heterocycles.